The van der Waals surface area contributed by atoms with Crippen LogP contribution in [-0.4, -0.2) is 36.0 Å². The Balaban J connectivity index is 1.56. The van der Waals surface area contributed by atoms with Gasteiger partial charge in [-0.15, -0.1) is 0 Å². The minimum atomic E-state index is -0.760. The first kappa shape index (κ1) is 16.2. The molecule has 2 amide bonds. The fraction of sp³-hybridized carbons (Fsp3) is 0.111. The Kier molecular flexibility index (Phi) is 4.44. The predicted molar refractivity (Wildman–Crippen MR) is 84.6 cm³/mol. The zero-order chi connectivity index (χ0) is 17.8. The molecule has 124 valence electrons. The molecule has 2 aromatic carbocycles. The summed E-state index contributed by atoms with van der Waals surface area (Å²) in [6.07, 6.45) is 0. The number of rotatable bonds is 5. The van der Waals surface area contributed by atoms with E-state index in [1.807, 2.05) is 6.07 Å². The highest BCUT2D eigenvalue weighted by atomic mass is 16.6. The summed E-state index contributed by atoms with van der Waals surface area (Å²) in [5, 5.41) is 8.95. The van der Waals surface area contributed by atoms with Crippen LogP contribution in [0, 0.1) is 11.3 Å². The largest absolute Gasteiger partial charge is 0.481 e. The van der Waals surface area contributed by atoms with Gasteiger partial charge in [-0.1, -0.05) is 24.3 Å². The van der Waals surface area contributed by atoms with Crippen molar-refractivity contribution in [1.29, 1.82) is 5.26 Å². The van der Waals surface area contributed by atoms with E-state index < -0.39 is 31.1 Å². The molecule has 0 saturated carbocycles. The Hall–Kier alpha value is -3.66. The van der Waals surface area contributed by atoms with Gasteiger partial charge in [0.15, 0.2) is 13.3 Å². The van der Waals surface area contributed by atoms with Gasteiger partial charge in [0.2, 0.25) is 0 Å². The van der Waals surface area contributed by atoms with Crippen LogP contribution in [-0.2, 0) is 9.53 Å². The van der Waals surface area contributed by atoms with Crippen molar-refractivity contribution >= 4 is 17.8 Å². The summed E-state index contributed by atoms with van der Waals surface area (Å²) in [6.45, 7) is -0.934. The second kappa shape index (κ2) is 6.84. The molecule has 7 nitrogen and oxygen atoms in total. The molecule has 0 aliphatic carbocycles. The highest BCUT2D eigenvalue weighted by molar-refractivity contribution is 6.21. The number of hydrogen-bond donors (Lipinski definition) is 0. The van der Waals surface area contributed by atoms with Crippen LogP contribution >= 0.6 is 0 Å². The highest BCUT2D eigenvalue weighted by Crippen LogP contribution is 2.22. The molecular formula is C18H12N2O5. The maximum absolute atomic E-state index is 12.1. The van der Waals surface area contributed by atoms with E-state index in [1.54, 1.807) is 48.5 Å². The lowest BCUT2D eigenvalue weighted by Crippen LogP contribution is -2.34. The second-order valence-electron chi connectivity index (χ2n) is 5.13. The summed E-state index contributed by atoms with van der Waals surface area (Å²) in [5.41, 5.74) is 0.848. The van der Waals surface area contributed by atoms with Gasteiger partial charge in [0.25, 0.3) is 11.8 Å². The van der Waals surface area contributed by atoms with E-state index in [2.05, 4.69) is 0 Å². The third kappa shape index (κ3) is 3.19. The number of ether oxygens (including phenoxy) is 2. The molecule has 1 aliphatic heterocycles. The smallest absolute Gasteiger partial charge is 0.345 e. The first-order chi connectivity index (χ1) is 12.1. The number of amides is 2. The van der Waals surface area contributed by atoms with E-state index in [4.69, 9.17) is 14.7 Å². The standard InChI is InChI=1S/C18H12N2O5/c19-9-12-5-1-4-8-15(12)24-10-16(21)25-11-20-17(22)13-6-2-3-7-14(13)18(20)23/h1-8H,10-11H2. The van der Waals surface area contributed by atoms with Crippen molar-refractivity contribution in [3.05, 3.63) is 65.2 Å². The maximum atomic E-state index is 12.1. The minimum absolute atomic E-state index is 0.252. The Morgan fingerprint density at radius 2 is 1.60 bits per heavy atom. The summed E-state index contributed by atoms with van der Waals surface area (Å²) in [7, 11) is 0. The van der Waals surface area contributed by atoms with Crippen LogP contribution in [0.4, 0.5) is 0 Å². The number of esters is 1. The van der Waals surface area contributed by atoms with E-state index in [9.17, 15) is 14.4 Å². The van der Waals surface area contributed by atoms with Gasteiger partial charge in [0.1, 0.15) is 11.8 Å². The molecule has 0 N–H and O–H groups in total. The fourth-order valence-corrected chi connectivity index (χ4v) is 2.36. The summed E-state index contributed by atoms with van der Waals surface area (Å²) < 4.78 is 10.2. The first-order valence-corrected chi connectivity index (χ1v) is 7.34. The lowest BCUT2D eigenvalue weighted by molar-refractivity contribution is -0.148. The van der Waals surface area contributed by atoms with Crippen molar-refractivity contribution in [1.82, 2.24) is 4.90 Å². The van der Waals surface area contributed by atoms with E-state index in [1.165, 1.54) is 0 Å². The van der Waals surface area contributed by atoms with Gasteiger partial charge < -0.3 is 9.47 Å². The van der Waals surface area contributed by atoms with E-state index in [-0.39, 0.29) is 22.4 Å². The molecule has 0 aromatic heterocycles. The quantitative estimate of drug-likeness (QED) is 0.609. The zero-order valence-electron chi connectivity index (χ0n) is 13.0. The topological polar surface area (TPSA) is 96.7 Å². The van der Waals surface area contributed by atoms with Crippen molar-refractivity contribution in [3.8, 4) is 11.8 Å². The van der Waals surface area contributed by atoms with E-state index in [0.717, 1.165) is 4.90 Å². The summed E-state index contributed by atoms with van der Waals surface area (Å²) in [5.74, 6) is -1.53. The molecule has 0 spiro atoms. The van der Waals surface area contributed by atoms with Gasteiger partial charge in [-0.3, -0.25) is 9.59 Å². The van der Waals surface area contributed by atoms with Crippen LogP contribution in [0.2, 0.25) is 0 Å². The number of para-hydroxylation sites is 1. The van der Waals surface area contributed by atoms with Crippen molar-refractivity contribution < 1.29 is 23.9 Å². The predicted octanol–water partition coefficient (Wildman–Crippen LogP) is 1.73. The molecule has 0 radical (unpaired) electrons. The molecule has 0 fully saturated rings. The van der Waals surface area contributed by atoms with Crippen LogP contribution in [0.5, 0.6) is 5.75 Å². The zero-order valence-corrected chi connectivity index (χ0v) is 13.0. The van der Waals surface area contributed by atoms with Crippen LogP contribution in [0.25, 0.3) is 0 Å². The average Bonchev–Trinajstić information content (AvgIpc) is 2.89. The Morgan fingerprint density at radius 3 is 2.24 bits per heavy atom. The van der Waals surface area contributed by atoms with Crippen molar-refractivity contribution in [2.45, 2.75) is 0 Å². The van der Waals surface area contributed by atoms with Gasteiger partial charge in [-0.2, -0.15) is 5.26 Å². The maximum Gasteiger partial charge on any atom is 0.345 e. The molecule has 0 atom stereocenters. The lowest BCUT2D eigenvalue weighted by Gasteiger charge is -2.14. The first-order valence-electron chi connectivity index (χ1n) is 7.34. The molecular weight excluding hydrogens is 324 g/mol. The number of imide groups is 1. The third-order valence-electron chi connectivity index (χ3n) is 3.59. The molecule has 0 saturated heterocycles. The van der Waals surface area contributed by atoms with Crippen molar-refractivity contribution in [2.24, 2.45) is 0 Å². The van der Waals surface area contributed by atoms with Gasteiger partial charge in [0, 0.05) is 0 Å². The second-order valence-corrected chi connectivity index (χ2v) is 5.13. The average molecular weight is 336 g/mol. The third-order valence-corrected chi connectivity index (χ3v) is 3.59. The highest BCUT2D eigenvalue weighted by Gasteiger charge is 2.35. The van der Waals surface area contributed by atoms with E-state index in [0.29, 0.717) is 0 Å². The van der Waals surface area contributed by atoms with E-state index >= 15 is 0 Å². The molecule has 1 aliphatic rings. The normalized spacial score (nSPS) is 12.5. The molecule has 0 unspecified atom stereocenters. The minimum Gasteiger partial charge on any atom is -0.481 e. The van der Waals surface area contributed by atoms with Crippen molar-refractivity contribution in [3.63, 3.8) is 0 Å². The summed E-state index contributed by atoms with van der Waals surface area (Å²) >= 11 is 0. The molecule has 3 rings (SSSR count). The number of nitriles is 1. The monoisotopic (exact) mass is 336 g/mol. The molecule has 0 bridgehead atoms. The number of fused-ring (bicyclic) bond motifs is 1. The van der Waals surface area contributed by atoms with Gasteiger partial charge >= 0.3 is 5.97 Å². The summed E-state index contributed by atoms with van der Waals surface area (Å²) in [4.78, 5) is 36.9. The Bertz CT molecular complexity index is 865. The fourth-order valence-electron chi connectivity index (χ4n) is 2.36. The SMILES string of the molecule is N#Cc1ccccc1OCC(=O)OCN1C(=O)c2ccccc2C1=O. The molecule has 1 heterocycles. The molecule has 2 aromatic rings. The van der Waals surface area contributed by atoms with Crippen LogP contribution in [0.15, 0.2) is 48.5 Å². The molecule has 7 heteroatoms. The number of carbonyl (C=O) groups is 3. The van der Waals surface area contributed by atoms with Gasteiger partial charge in [-0.25, -0.2) is 9.69 Å². The van der Waals surface area contributed by atoms with Crippen molar-refractivity contribution in [2.75, 3.05) is 13.3 Å². The number of benzene rings is 2. The Morgan fingerprint density at radius 1 is 1.00 bits per heavy atom. The Labute approximate surface area is 143 Å². The van der Waals surface area contributed by atoms with Crippen LogP contribution in [0.3, 0.4) is 0 Å². The summed E-state index contributed by atoms with van der Waals surface area (Å²) in [6, 6.07) is 14.8. The van der Waals surface area contributed by atoms with Gasteiger partial charge in [0.05, 0.1) is 16.7 Å². The van der Waals surface area contributed by atoms with Crippen LogP contribution < -0.4 is 4.74 Å². The molecule has 25 heavy (non-hydrogen) atoms. The number of hydrogen-bond acceptors (Lipinski definition) is 6. The number of nitrogens with zero attached hydrogens (tertiary/aromatic N) is 2. The number of carbonyl (C=O) groups excluding carboxylic acids is 3. The van der Waals surface area contributed by atoms with Crippen LogP contribution in [0.1, 0.15) is 26.3 Å². The lowest BCUT2D eigenvalue weighted by atomic mass is 10.1. The van der Waals surface area contributed by atoms with Gasteiger partial charge in [-0.05, 0) is 24.3 Å².